The first kappa shape index (κ1) is 21.7. The number of carbonyl (C=O) groups excluding carboxylic acids is 3. The van der Waals surface area contributed by atoms with Gasteiger partial charge in [-0.25, -0.2) is 4.98 Å². The fourth-order valence-electron chi connectivity index (χ4n) is 4.51. The molecule has 1 aliphatic heterocycles. The number of likely N-dealkylation sites (tertiary alicyclic amines) is 1. The summed E-state index contributed by atoms with van der Waals surface area (Å²) in [6, 6.07) is 7.32. The second-order valence-corrected chi connectivity index (χ2v) is 9.93. The van der Waals surface area contributed by atoms with Crippen LogP contribution in [0.2, 0.25) is 0 Å². The molecule has 0 radical (unpaired) electrons. The second-order valence-electron chi connectivity index (χ2n) is 8.82. The van der Waals surface area contributed by atoms with Crippen LogP contribution in [0.25, 0.3) is 10.2 Å². The summed E-state index contributed by atoms with van der Waals surface area (Å²) in [5.41, 5.74) is 1.01. The van der Waals surface area contributed by atoms with Crippen molar-refractivity contribution in [1.29, 1.82) is 0 Å². The minimum absolute atomic E-state index is 0.186. The van der Waals surface area contributed by atoms with Gasteiger partial charge >= 0.3 is 0 Å². The van der Waals surface area contributed by atoms with Gasteiger partial charge in [-0.3, -0.25) is 19.3 Å². The summed E-state index contributed by atoms with van der Waals surface area (Å²) in [5, 5.41) is 4.02. The van der Waals surface area contributed by atoms with Crippen LogP contribution in [0, 0.1) is 17.8 Å². The number of benzene rings is 1. The Balaban J connectivity index is 1.37. The van der Waals surface area contributed by atoms with Gasteiger partial charge < -0.3 is 5.32 Å². The molecule has 6 nitrogen and oxygen atoms in total. The Kier molecular flexibility index (Phi) is 6.51. The predicted octanol–water partition coefficient (Wildman–Crippen LogP) is 3.71. The number of aromatic nitrogens is 1. The number of hydrogen-bond acceptors (Lipinski definition) is 5. The van der Waals surface area contributed by atoms with Gasteiger partial charge in [0.05, 0.1) is 27.1 Å². The highest BCUT2D eigenvalue weighted by atomic mass is 32.1. The molecule has 1 fully saturated rings. The standard InChI is InChI=1S/C24H29N3O3S/c1-15(2)14-19(27-23(29)16-8-3-4-9-17(16)24(27)30)22(28)25-13-7-12-21-26-18-10-5-6-11-20(18)31-21/h3-6,10-11,15-17,19H,7-9,12-14H2,1-2H3,(H,25,28). The maximum atomic E-state index is 13.0. The summed E-state index contributed by atoms with van der Waals surface area (Å²) < 4.78 is 1.17. The van der Waals surface area contributed by atoms with Crippen LogP contribution in [0.1, 0.15) is 44.5 Å². The van der Waals surface area contributed by atoms with E-state index < -0.39 is 6.04 Å². The second kappa shape index (κ2) is 9.30. The van der Waals surface area contributed by atoms with Gasteiger partial charge in [0.2, 0.25) is 17.7 Å². The molecule has 164 valence electrons. The number of nitrogens with zero attached hydrogens (tertiary/aromatic N) is 2. The summed E-state index contributed by atoms with van der Waals surface area (Å²) in [6.07, 6.45) is 7.13. The molecule has 1 aromatic heterocycles. The third kappa shape index (κ3) is 4.56. The van der Waals surface area contributed by atoms with Gasteiger partial charge in [0.25, 0.3) is 0 Å². The van der Waals surface area contributed by atoms with E-state index in [1.54, 1.807) is 11.3 Å². The fourth-order valence-corrected chi connectivity index (χ4v) is 5.51. The van der Waals surface area contributed by atoms with Crippen molar-refractivity contribution < 1.29 is 14.4 Å². The predicted molar refractivity (Wildman–Crippen MR) is 121 cm³/mol. The maximum absolute atomic E-state index is 13.0. The number of aryl methyl sites for hydroxylation is 1. The number of para-hydroxylation sites is 1. The Bertz CT molecular complexity index is 953. The van der Waals surface area contributed by atoms with E-state index in [2.05, 4.69) is 16.4 Å². The molecule has 1 aromatic carbocycles. The molecule has 3 atom stereocenters. The zero-order valence-corrected chi connectivity index (χ0v) is 18.9. The first-order valence-corrected chi connectivity index (χ1v) is 11.9. The van der Waals surface area contributed by atoms with E-state index in [0.717, 1.165) is 23.4 Å². The highest BCUT2D eigenvalue weighted by Crippen LogP contribution is 2.37. The molecule has 2 aliphatic rings. The van der Waals surface area contributed by atoms with Crippen LogP contribution in [0.4, 0.5) is 0 Å². The number of imide groups is 1. The third-order valence-electron chi connectivity index (χ3n) is 6.06. The van der Waals surface area contributed by atoms with Gasteiger partial charge in [0.15, 0.2) is 0 Å². The molecular formula is C24H29N3O3S. The number of rotatable bonds is 8. The summed E-state index contributed by atoms with van der Waals surface area (Å²) in [7, 11) is 0. The van der Waals surface area contributed by atoms with Crippen molar-refractivity contribution in [3.05, 3.63) is 41.4 Å². The average molecular weight is 440 g/mol. The van der Waals surface area contributed by atoms with Crippen LogP contribution in [-0.2, 0) is 20.8 Å². The van der Waals surface area contributed by atoms with Gasteiger partial charge in [-0.2, -0.15) is 0 Å². The average Bonchev–Trinajstić information content (AvgIpc) is 3.28. The van der Waals surface area contributed by atoms with E-state index in [0.29, 0.717) is 25.8 Å². The summed E-state index contributed by atoms with van der Waals surface area (Å²) >= 11 is 1.68. The molecule has 2 heterocycles. The largest absolute Gasteiger partial charge is 0.354 e. The van der Waals surface area contributed by atoms with E-state index in [1.165, 1.54) is 9.60 Å². The monoisotopic (exact) mass is 439 g/mol. The molecule has 3 amide bonds. The topological polar surface area (TPSA) is 79.4 Å². The molecule has 31 heavy (non-hydrogen) atoms. The Morgan fingerprint density at radius 3 is 2.48 bits per heavy atom. The lowest BCUT2D eigenvalue weighted by atomic mass is 9.85. The van der Waals surface area contributed by atoms with Crippen molar-refractivity contribution >= 4 is 39.3 Å². The number of amides is 3. The molecule has 4 rings (SSSR count). The zero-order chi connectivity index (χ0) is 22.0. The van der Waals surface area contributed by atoms with Crippen LogP contribution >= 0.6 is 11.3 Å². The molecule has 0 saturated carbocycles. The highest BCUT2D eigenvalue weighted by molar-refractivity contribution is 7.18. The number of fused-ring (bicyclic) bond motifs is 2. The molecular weight excluding hydrogens is 410 g/mol. The summed E-state index contributed by atoms with van der Waals surface area (Å²) in [5.74, 6) is -1.02. The number of hydrogen-bond donors (Lipinski definition) is 1. The number of allylic oxidation sites excluding steroid dienone is 2. The quantitative estimate of drug-likeness (QED) is 0.386. The van der Waals surface area contributed by atoms with Crippen molar-refractivity contribution in [2.75, 3.05) is 6.54 Å². The van der Waals surface area contributed by atoms with Crippen molar-refractivity contribution in [2.24, 2.45) is 17.8 Å². The van der Waals surface area contributed by atoms with Gasteiger partial charge in [0.1, 0.15) is 6.04 Å². The lowest BCUT2D eigenvalue weighted by Gasteiger charge is -2.27. The van der Waals surface area contributed by atoms with Crippen molar-refractivity contribution in [2.45, 2.75) is 52.0 Å². The van der Waals surface area contributed by atoms with Crippen LogP contribution < -0.4 is 5.32 Å². The Labute approximate surface area is 186 Å². The first-order valence-electron chi connectivity index (χ1n) is 11.1. The third-order valence-corrected chi connectivity index (χ3v) is 7.15. The van der Waals surface area contributed by atoms with Crippen LogP contribution in [0.15, 0.2) is 36.4 Å². The van der Waals surface area contributed by atoms with Crippen LogP contribution in [0.3, 0.4) is 0 Å². The maximum Gasteiger partial charge on any atom is 0.243 e. The smallest absolute Gasteiger partial charge is 0.243 e. The number of thiazole rings is 1. The van der Waals surface area contributed by atoms with Gasteiger partial charge in [-0.15, -0.1) is 11.3 Å². The SMILES string of the molecule is CC(C)CC(C(=O)NCCCc1nc2ccccc2s1)N1C(=O)C2CC=CCC2C1=O. The van der Waals surface area contributed by atoms with E-state index in [1.807, 2.05) is 44.2 Å². The molecule has 0 spiro atoms. The molecule has 7 heteroatoms. The van der Waals surface area contributed by atoms with Crippen molar-refractivity contribution in [3.8, 4) is 0 Å². The Morgan fingerprint density at radius 1 is 1.16 bits per heavy atom. The molecule has 1 saturated heterocycles. The Hall–Kier alpha value is -2.54. The van der Waals surface area contributed by atoms with E-state index in [-0.39, 0.29) is 35.5 Å². The van der Waals surface area contributed by atoms with E-state index in [4.69, 9.17) is 0 Å². The number of nitrogens with one attached hydrogen (secondary N) is 1. The fraction of sp³-hybridized carbons (Fsp3) is 0.500. The molecule has 2 aromatic rings. The zero-order valence-electron chi connectivity index (χ0n) is 18.0. The van der Waals surface area contributed by atoms with Crippen molar-refractivity contribution in [1.82, 2.24) is 15.2 Å². The van der Waals surface area contributed by atoms with E-state index >= 15 is 0 Å². The minimum atomic E-state index is -0.729. The normalized spacial score (nSPS) is 21.7. The number of carbonyl (C=O) groups is 3. The van der Waals surface area contributed by atoms with Gasteiger partial charge in [0, 0.05) is 13.0 Å². The van der Waals surface area contributed by atoms with Gasteiger partial charge in [-0.1, -0.05) is 38.1 Å². The molecule has 0 bridgehead atoms. The highest BCUT2D eigenvalue weighted by Gasteiger charge is 2.51. The Morgan fingerprint density at radius 2 is 1.84 bits per heavy atom. The first-order chi connectivity index (χ1) is 15.0. The lowest BCUT2D eigenvalue weighted by Crippen LogP contribution is -2.50. The minimum Gasteiger partial charge on any atom is -0.354 e. The van der Waals surface area contributed by atoms with Crippen LogP contribution in [0.5, 0.6) is 0 Å². The molecule has 1 N–H and O–H groups in total. The van der Waals surface area contributed by atoms with E-state index in [9.17, 15) is 14.4 Å². The summed E-state index contributed by atoms with van der Waals surface area (Å²) in [4.78, 5) is 44.9. The molecule has 3 unspecified atom stereocenters. The van der Waals surface area contributed by atoms with Crippen LogP contribution in [-0.4, -0.2) is 40.2 Å². The van der Waals surface area contributed by atoms with Gasteiger partial charge in [-0.05, 0) is 43.7 Å². The lowest BCUT2D eigenvalue weighted by molar-refractivity contribution is -0.148. The molecule has 1 aliphatic carbocycles. The summed E-state index contributed by atoms with van der Waals surface area (Å²) in [6.45, 7) is 4.51. The van der Waals surface area contributed by atoms with Crippen molar-refractivity contribution in [3.63, 3.8) is 0 Å².